The SMILES string of the molecule is CC1(C)C2=CC=C=C=C2c2ccc(N(c3ccc(-c4ccccc4)cc3)c3ccc4c(oc5c(-c6cccnc6)cccc54)c3-c3cccnc3)cc21. The molecule has 0 fully saturated rings. The normalized spacial score (nSPS) is 13.8. The lowest BCUT2D eigenvalue weighted by atomic mass is 9.81. The average molecular weight is 680 g/mol. The first-order chi connectivity index (χ1) is 26.1. The molecule has 0 bridgehead atoms. The highest BCUT2D eigenvalue weighted by Gasteiger charge is 2.39. The Balaban J connectivity index is 1.24. The number of aromatic nitrogens is 2. The van der Waals surface area contributed by atoms with Crippen LogP contribution in [0.5, 0.6) is 0 Å². The molecule has 250 valence electrons. The Bertz CT molecular complexity index is 2850. The summed E-state index contributed by atoms with van der Waals surface area (Å²) < 4.78 is 7.02. The number of hydrogen-bond acceptors (Lipinski definition) is 4. The van der Waals surface area contributed by atoms with Crippen LogP contribution in [0.25, 0.3) is 60.9 Å². The van der Waals surface area contributed by atoms with Gasteiger partial charge in [0, 0.05) is 74.6 Å². The van der Waals surface area contributed by atoms with Gasteiger partial charge in [0.2, 0.25) is 0 Å². The third kappa shape index (κ3) is 4.93. The zero-order chi connectivity index (χ0) is 35.5. The van der Waals surface area contributed by atoms with Crippen LogP contribution < -0.4 is 4.90 Å². The van der Waals surface area contributed by atoms with Crippen molar-refractivity contribution in [2.75, 3.05) is 4.90 Å². The van der Waals surface area contributed by atoms with Crippen molar-refractivity contribution in [1.82, 2.24) is 9.97 Å². The molecule has 10 rings (SSSR count). The van der Waals surface area contributed by atoms with Gasteiger partial charge in [0.15, 0.2) is 0 Å². The topological polar surface area (TPSA) is 42.2 Å². The number of furan rings is 1. The lowest BCUT2D eigenvalue weighted by molar-refractivity contribution is 0.661. The fraction of sp³-hybridized carbons (Fsp3) is 0.0612. The Morgan fingerprint density at radius 2 is 1.32 bits per heavy atom. The molecule has 0 amide bonds. The van der Waals surface area contributed by atoms with Crippen LogP contribution in [-0.4, -0.2) is 9.97 Å². The summed E-state index contributed by atoms with van der Waals surface area (Å²) in [5.41, 5.74) is 22.3. The molecule has 2 aliphatic carbocycles. The van der Waals surface area contributed by atoms with Crippen molar-refractivity contribution in [3.63, 3.8) is 0 Å². The standard InChI is InChI=1S/C49H33N3O/c1-49(2)43-18-7-6-15-39(43)40-24-23-37(29-44(40)49)52(36-21-19-33(20-22-36)32-11-4-3-5-12-32)45-26-25-42-41-17-8-16-38(34-13-9-27-50-30-34)47(41)53-48(42)46(45)35-14-10-28-51-31-35/h3-5,7-14,16-31H,1-2H3. The van der Waals surface area contributed by atoms with Gasteiger partial charge in [-0.25, -0.2) is 0 Å². The molecule has 5 aromatic carbocycles. The van der Waals surface area contributed by atoms with E-state index < -0.39 is 0 Å². The number of allylic oxidation sites excluding steroid dienone is 4. The molecule has 0 aliphatic heterocycles. The lowest BCUT2D eigenvalue weighted by Gasteiger charge is -2.30. The molecule has 3 heterocycles. The summed E-state index contributed by atoms with van der Waals surface area (Å²) in [5.74, 6) is 0. The van der Waals surface area contributed by atoms with Crippen molar-refractivity contribution in [3.8, 4) is 33.4 Å². The number of anilines is 3. The molecule has 0 atom stereocenters. The summed E-state index contributed by atoms with van der Waals surface area (Å²) in [5, 5.41) is 2.10. The highest BCUT2D eigenvalue weighted by atomic mass is 16.3. The van der Waals surface area contributed by atoms with Gasteiger partial charge in [-0.1, -0.05) is 104 Å². The molecule has 2 aliphatic rings. The van der Waals surface area contributed by atoms with Gasteiger partial charge in [0.05, 0.1) is 11.3 Å². The largest absolute Gasteiger partial charge is 0.455 e. The van der Waals surface area contributed by atoms with Crippen molar-refractivity contribution in [3.05, 3.63) is 192 Å². The maximum atomic E-state index is 7.02. The van der Waals surface area contributed by atoms with Crippen molar-refractivity contribution in [1.29, 1.82) is 0 Å². The van der Waals surface area contributed by atoms with Crippen LogP contribution in [0.15, 0.2) is 186 Å². The Labute approximate surface area is 308 Å². The van der Waals surface area contributed by atoms with Crippen molar-refractivity contribution < 1.29 is 4.42 Å². The van der Waals surface area contributed by atoms with E-state index in [1.807, 2.05) is 36.8 Å². The summed E-state index contributed by atoms with van der Waals surface area (Å²) in [6.07, 6.45) is 11.6. The number of benzene rings is 5. The molecule has 0 radical (unpaired) electrons. The van der Waals surface area contributed by atoms with E-state index in [1.165, 1.54) is 22.3 Å². The summed E-state index contributed by atoms with van der Waals surface area (Å²) >= 11 is 0. The second-order valence-electron chi connectivity index (χ2n) is 14.1. The minimum Gasteiger partial charge on any atom is -0.455 e. The zero-order valence-electron chi connectivity index (χ0n) is 29.3. The first-order valence-electron chi connectivity index (χ1n) is 17.9. The minimum atomic E-state index is -0.202. The van der Waals surface area contributed by atoms with Gasteiger partial charge in [-0.3, -0.25) is 9.97 Å². The molecule has 3 aromatic heterocycles. The van der Waals surface area contributed by atoms with Crippen LogP contribution >= 0.6 is 0 Å². The second kappa shape index (κ2) is 12.1. The fourth-order valence-corrected chi connectivity index (χ4v) is 8.11. The van der Waals surface area contributed by atoms with E-state index in [0.29, 0.717) is 0 Å². The molecule has 0 saturated heterocycles. The quantitative estimate of drug-likeness (QED) is 0.164. The number of rotatable bonds is 6. The van der Waals surface area contributed by atoms with Crippen LogP contribution in [0.3, 0.4) is 0 Å². The number of pyridine rings is 2. The van der Waals surface area contributed by atoms with E-state index in [2.05, 4.69) is 162 Å². The molecule has 0 saturated carbocycles. The lowest BCUT2D eigenvalue weighted by Crippen LogP contribution is -2.17. The third-order valence-electron chi connectivity index (χ3n) is 10.7. The average Bonchev–Trinajstić information content (AvgIpc) is 3.71. The second-order valence-corrected chi connectivity index (χ2v) is 14.1. The van der Waals surface area contributed by atoms with Crippen LogP contribution in [-0.2, 0) is 5.41 Å². The van der Waals surface area contributed by atoms with E-state index in [9.17, 15) is 0 Å². The predicted octanol–water partition coefficient (Wildman–Crippen LogP) is 12.8. The molecular weight excluding hydrogens is 647 g/mol. The van der Waals surface area contributed by atoms with Crippen molar-refractivity contribution in [2.24, 2.45) is 0 Å². The molecule has 4 heteroatoms. The predicted molar refractivity (Wildman–Crippen MR) is 216 cm³/mol. The van der Waals surface area contributed by atoms with Gasteiger partial charge in [-0.05, 0) is 88.5 Å². The van der Waals surface area contributed by atoms with Gasteiger partial charge in [-0.2, -0.15) is 0 Å². The van der Waals surface area contributed by atoms with Gasteiger partial charge in [-0.15, -0.1) is 0 Å². The number of hydrogen-bond donors (Lipinski definition) is 0. The Kier molecular flexibility index (Phi) is 7.03. The highest BCUT2D eigenvalue weighted by Crippen LogP contribution is 2.53. The maximum absolute atomic E-state index is 7.02. The zero-order valence-corrected chi connectivity index (χ0v) is 29.3. The molecule has 8 aromatic rings. The number of fused-ring (bicyclic) bond motifs is 6. The summed E-state index contributed by atoms with van der Waals surface area (Å²) in [6, 6.07) is 45.1. The first-order valence-corrected chi connectivity index (χ1v) is 17.9. The third-order valence-corrected chi connectivity index (χ3v) is 10.7. The number of para-hydroxylation sites is 1. The maximum Gasteiger partial charge on any atom is 0.145 e. The molecular formula is C49H33N3O. The monoisotopic (exact) mass is 679 g/mol. The summed E-state index contributed by atoms with van der Waals surface area (Å²) in [6.45, 7) is 4.60. The Morgan fingerprint density at radius 1 is 0.604 bits per heavy atom. The Morgan fingerprint density at radius 3 is 2.09 bits per heavy atom. The van der Waals surface area contributed by atoms with Gasteiger partial charge >= 0.3 is 0 Å². The number of nitrogens with zero attached hydrogens (tertiary/aromatic N) is 3. The molecule has 0 unspecified atom stereocenters. The smallest absolute Gasteiger partial charge is 0.145 e. The van der Waals surface area contributed by atoms with Gasteiger partial charge < -0.3 is 9.32 Å². The van der Waals surface area contributed by atoms with Crippen LogP contribution in [0.2, 0.25) is 0 Å². The van der Waals surface area contributed by atoms with E-state index in [4.69, 9.17) is 4.42 Å². The molecule has 0 spiro atoms. The van der Waals surface area contributed by atoms with E-state index in [1.54, 1.807) is 6.20 Å². The van der Waals surface area contributed by atoms with Gasteiger partial charge in [0.25, 0.3) is 0 Å². The van der Waals surface area contributed by atoms with E-state index >= 15 is 0 Å². The molecule has 0 N–H and O–H groups in total. The molecule has 4 nitrogen and oxygen atoms in total. The van der Waals surface area contributed by atoms with Crippen LogP contribution in [0.1, 0.15) is 25.0 Å². The van der Waals surface area contributed by atoms with Crippen molar-refractivity contribution >= 4 is 44.6 Å². The highest BCUT2D eigenvalue weighted by molar-refractivity contribution is 6.15. The first kappa shape index (κ1) is 30.8. The van der Waals surface area contributed by atoms with Crippen molar-refractivity contribution in [2.45, 2.75) is 19.3 Å². The van der Waals surface area contributed by atoms with Crippen LogP contribution in [0, 0.1) is 0 Å². The van der Waals surface area contributed by atoms with E-state index in [0.717, 1.165) is 72.4 Å². The molecule has 53 heavy (non-hydrogen) atoms. The van der Waals surface area contributed by atoms with Crippen LogP contribution in [0.4, 0.5) is 17.1 Å². The summed E-state index contributed by atoms with van der Waals surface area (Å²) in [4.78, 5) is 11.4. The Hall–Kier alpha value is -6.96. The fourth-order valence-electron chi connectivity index (χ4n) is 8.11. The minimum absolute atomic E-state index is 0.202. The van der Waals surface area contributed by atoms with Gasteiger partial charge in [0.1, 0.15) is 11.2 Å². The van der Waals surface area contributed by atoms with E-state index in [-0.39, 0.29) is 5.41 Å². The summed E-state index contributed by atoms with van der Waals surface area (Å²) in [7, 11) is 0.